The van der Waals surface area contributed by atoms with E-state index in [0.717, 1.165) is 25.7 Å². The molecule has 2 rings (SSSR count). The number of amides is 1. The molecule has 0 saturated heterocycles. The van der Waals surface area contributed by atoms with Gasteiger partial charge in [0.2, 0.25) is 0 Å². The molecule has 0 bridgehead atoms. The van der Waals surface area contributed by atoms with Crippen molar-refractivity contribution in [1.82, 2.24) is 0 Å². The average Bonchev–Trinajstić information content (AvgIpc) is 2.73. The van der Waals surface area contributed by atoms with Crippen molar-refractivity contribution in [3.05, 3.63) is 28.8 Å². The van der Waals surface area contributed by atoms with E-state index in [1.165, 1.54) is 0 Å². The second kappa shape index (κ2) is 5.16. The van der Waals surface area contributed by atoms with Gasteiger partial charge in [-0.2, -0.15) is 0 Å². The van der Waals surface area contributed by atoms with Crippen molar-refractivity contribution < 1.29 is 9.53 Å². The zero-order chi connectivity index (χ0) is 13.2. The lowest BCUT2D eigenvalue weighted by Crippen LogP contribution is -2.42. The Morgan fingerprint density at radius 2 is 2.06 bits per heavy atom. The molecule has 0 atom stereocenters. The Kier molecular flexibility index (Phi) is 3.78. The molecule has 0 unspecified atom stereocenters. The number of benzene rings is 1. The Bertz CT molecular complexity index is 456. The molecule has 0 aliphatic heterocycles. The van der Waals surface area contributed by atoms with Crippen LogP contribution >= 0.6 is 11.6 Å². The smallest absolute Gasteiger partial charge is 0.253 e. The van der Waals surface area contributed by atoms with Gasteiger partial charge in [0.05, 0.1) is 16.1 Å². The van der Waals surface area contributed by atoms with E-state index in [4.69, 9.17) is 27.8 Å². The molecule has 1 aromatic rings. The summed E-state index contributed by atoms with van der Waals surface area (Å²) >= 11 is 5.94. The van der Waals surface area contributed by atoms with Gasteiger partial charge in [-0.15, -0.1) is 0 Å². The van der Waals surface area contributed by atoms with Crippen LogP contribution in [0.5, 0.6) is 5.75 Å². The summed E-state index contributed by atoms with van der Waals surface area (Å²) in [5, 5.41) is 0.303. The molecule has 18 heavy (non-hydrogen) atoms. The third-order valence-electron chi connectivity index (χ3n) is 3.34. The van der Waals surface area contributed by atoms with Crippen molar-refractivity contribution in [2.45, 2.75) is 31.2 Å². The van der Waals surface area contributed by atoms with E-state index >= 15 is 0 Å². The normalized spacial score (nSPS) is 17.7. The molecule has 0 spiro atoms. The number of carbonyl (C=O) groups is 1. The van der Waals surface area contributed by atoms with Crippen LogP contribution in [-0.4, -0.2) is 18.1 Å². The van der Waals surface area contributed by atoms with Gasteiger partial charge in [-0.05, 0) is 25.0 Å². The molecular formula is C13H17ClN2O2. The second-order valence-electron chi connectivity index (χ2n) is 4.84. The van der Waals surface area contributed by atoms with Crippen LogP contribution in [0.15, 0.2) is 18.2 Å². The largest absolute Gasteiger partial charge is 0.491 e. The van der Waals surface area contributed by atoms with E-state index in [9.17, 15) is 4.79 Å². The fraction of sp³-hybridized carbons (Fsp3) is 0.462. The highest BCUT2D eigenvalue weighted by atomic mass is 35.5. The maximum Gasteiger partial charge on any atom is 0.253 e. The standard InChI is InChI=1S/C13H17ClN2O2/c14-9-4-3-5-10(11(9)12(15)17)18-8-13(16)6-1-2-7-13/h3-5H,1-2,6-8,16H2,(H2,15,17). The van der Waals surface area contributed by atoms with Crippen LogP contribution in [0, 0.1) is 0 Å². The van der Waals surface area contributed by atoms with Crippen LogP contribution in [0.25, 0.3) is 0 Å². The van der Waals surface area contributed by atoms with Gasteiger partial charge >= 0.3 is 0 Å². The van der Waals surface area contributed by atoms with E-state index in [0.29, 0.717) is 17.4 Å². The Hall–Kier alpha value is -1.26. The average molecular weight is 269 g/mol. The van der Waals surface area contributed by atoms with Gasteiger partial charge in [-0.25, -0.2) is 0 Å². The monoisotopic (exact) mass is 268 g/mol. The van der Waals surface area contributed by atoms with Crippen molar-refractivity contribution in [2.75, 3.05) is 6.61 Å². The Balaban J connectivity index is 2.14. The summed E-state index contributed by atoms with van der Waals surface area (Å²) in [6, 6.07) is 5.02. The summed E-state index contributed by atoms with van der Waals surface area (Å²) < 4.78 is 5.66. The number of carbonyl (C=O) groups excluding carboxylic acids is 1. The lowest BCUT2D eigenvalue weighted by molar-refractivity contribution is 0.0994. The fourth-order valence-electron chi connectivity index (χ4n) is 2.31. The zero-order valence-electron chi connectivity index (χ0n) is 10.1. The summed E-state index contributed by atoms with van der Waals surface area (Å²) in [5.74, 6) is -0.181. The Labute approximate surface area is 111 Å². The van der Waals surface area contributed by atoms with Gasteiger partial charge in [0.1, 0.15) is 12.4 Å². The summed E-state index contributed by atoms with van der Waals surface area (Å²) in [7, 11) is 0. The maximum absolute atomic E-state index is 11.3. The minimum atomic E-state index is -0.590. The van der Waals surface area contributed by atoms with Crippen LogP contribution in [0.1, 0.15) is 36.0 Å². The Morgan fingerprint density at radius 3 is 2.67 bits per heavy atom. The summed E-state index contributed by atoms with van der Waals surface area (Å²) in [6.07, 6.45) is 4.13. The minimum Gasteiger partial charge on any atom is -0.491 e. The van der Waals surface area contributed by atoms with Crippen molar-refractivity contribution in [3.8, 4) is 5.75 Å². The molecular weight excluding hydrogens is 252 g/mol. The van der Waals surface area contributed by atoms with Crippen molar-refractivity contribution >= 4 is 17.5 Å². The third-order valence-corrected chi connectivity index (χ3v) is 3.65. The summed E-state index contributed by atoms with van der Waals surface area (Å²) in [5.41, 5.74) is 11.4. The van der Waals surface area contributed by atoms with E-state index in [2.05, 4.69) is 0 Å². The molecule has 1 aliphatic rings. The van der Waals surface area contributed by atoms with Gasteiger partial charge in [0.25, 0.3) is 5.91 Å². The molecule has 1 aliphatic carbocycles. The predicted molar refractivity (Wildman–Crippen MR) is 70.9 cm³/mol. The number of rotatable bonds is 4. The number of primary amides is 1. The van der Waals surface area contributed by atoms with Crippen molar-refractivity contribution in [3.63, 3.8) is 0 Å². The first-order valence-electron chi connectivity index (χ1n) is 6.02. The third kappa shape index (κ3) is 2.76. The van der Waals surface area contributed by atoms with Crippen LogP contribution in [0.2, 0.25) is 5.02 Å². The molecule has 4 nitrogen and oxygen atoms in total. The predicted octanol–water partition coefficient (Wildman–Crippen LogP) is 2.09. The van der Waals surface area contributed by atoms with Gasteiger partial charge in [0, 0.05) is 0 Å². The SMILES string of the molecule is NC(=O)c1c(Cl)cccc1OCC1(N)CCCC1. The van der Waals surface area contributed by atoms with Crippen LogP contribution < -0.4 is 16.2 Å². The highest BCUT2D eigenvalue weighted by molar-refractivity contribution is 6.34. The molecule has 1 amide bonds. The van der Waals surface area contributed by atoms with E-state index in [-0.39, 0.29) is 11.1 Å². The first-order chi connectivity index (χ1) is 8.52. The molecule has 0 radical (unpaired) electrons. The first kappa shape index (κ1) is 13.2. The molecule has 4 N–H and O–H groups in total. The maximum atomic E-state index is 11.3. The molecule has 5 heteroatoms. The van der Waals surface area contributed by atoms with E-state index in [1.54, 1.807) is 18.2 Å². The van der Waals surface area contributed by atoms with Crippen LogP contribution in [-0.2, 0) is 0 Å². The molecule has 1 aromatic carbocycles. The van der Waals surface area contributed by atoms with Gasteiger partial charge in [-0.1, -0.05) is 30.5 Å². The topological polar surface area (TPSA) is 78.3 Å². The Morgan fingerprint density at radius 1 is 1.39 bits per heavy atom. The number of hydrogen-bond acceptors (Lipinski definition) is 3. The van der Waals surface area contributed by atoms with E-state index < -0.39 is 5.91 Å². The van der Waals surface area contributed by atoms with Gasteiger partial charge < -0.3 is 16.2 Å². The van der Waals surface area contributed by atoms with Crippen molar-refractivity contribution in [2.24, 2.45) is 11.5 Å². The highest BCUT2D eigenvalue weighted by Gasteiger charge is 2.30. The van der Waals surface area contributed by atoms with Gasteiger partial charge in [-0.3, -0.25) is 4.79 Å². The minimum absolute atomic E-state index is 0.223. The molecule has 1 saturated carbocycles. The molecule has 98 valence electrons. The number of ether oxygens (including phenoxy) is 1. The molecule has 1 fully saturated rings. The number of hydrogen-bond donors (Lipinski definition) is 2. The molecule has 0 aromatic heterocycles. The van der Waals surface area contributed by atoms with E-state index in [1.807, 2.05) is 0 Å². The van der Waals surface area contributed by atoms with Gasteiger partial charge in [0.15, 0.2) is 0 Å². The number of halogens is 1. The van der Waals surface area contributed by atoms with Crippen LogP contribution in [0.3, 0.4) is 0 Å². The van der Waals surface area contributed by atoms with Crippen LogP contribution in [0.4, 0.5) is 0 Å². The lowest BCUT2D eigenvalue weighted by atomic mass is 10.0. The fourth-order valence-corrected chi connectivity index (χ4v) is 2.57. The lowest BCUT2D eigenvalue weighted by Gasteiger charge is -2.24. The highest BCUT2D eigenvalue weighted by Crippen LogP contribution is 2.30. The molecule has 0 heterocycles. The quantitative estimate of drug-likeness (QED) is 0.878. The first-order valence-corrected chi connectivity index (χ1v) is 6.40. The summed E-state index contributed by atoms with van der Waals surface area (Å²) in [6.45, 7) is 0.383. The van der Waals surface area contributed by atoms with Crippen molar-refractivity contribution in [1.29, 1.82) is 0 Å². The number of nitrogens with two attached hydrogens (primary N) is 2. The zero-order valence-corrected chi connectivity index (χ0v) is 10.9. The second-order valence-corrected chi connectivity index (χ2v) is 5.24. The summed E-state index contributed by atoms with van der Waals surface area (Å²) in [4.78, 5) is 11.3.